The highest BCUT2D eigenvalue weighted by Gasteiger charge is 2.20. The van der Waals surface area contributed by atoms with E-state index in [0.29, 0.717) is 25.1 Å². The molecule has 7 nitrogen and oxygen atoms in total. The smallest absolute Gasteiger partial charge is 0.360 e. The molecular formula is C17H19BrN2O5. The lowest BCUT2D eigenvalue weighted by atomic mass is 10.2. The molecule has 0 bridgehead atoms. The molecule has 0 radical (unpaired) electrons. The maximum Gasteiger partial charge on any atom is 0.360 e. The zero-order chi connectivity index (χ0) is 18.2. The molecule has 2 rings (SSSR count). The Bertz CT molecular complexity index is 714. The summed E-state index contributed by atoms with van der Waals surface area (Å²) in [6, 6.07) is 7.10. The predicted octanol–water partition coefficient (Wildman–Crippen LogP) is 2.90. The zero-order valence-electron chi connectivity index (χ0n) is 14.0. The minimum atomic E-state index is -0.583. The summed E-state index contributed by atoms with van der Waals surface area (Å²) in [6.45, 7) is 1.15. The lowest BCUT2D eigenvalue weighted by Gasteiger charge is -2.21. The summed E-state index contributed by atoms with van der Waals surface area (Å²) >= 11 is 3.35. The molecule has 0 unspecified atom stereocenters. The van der Waals surface area contributed by atoms with Gasteiger partial charge in [-0.3, -0.25) is 4.79 Å². The zero-order valence-corrected chi connectivity index (χ0v) is 15.6. The minimum Gasteiger partial charge on any atom is -0.464 e. The molecule has 0 fully saturated rings. The van der Waals surface area contributed by atoms with Gasteiger partial charge in [0.15, 0.2) is 5.69 Å². The Kier molecular flexibility index (Phi) is 7.15. The van der Waals surface area contributed by atoms with Gasteiger partial charge in [-0.1, -0.05) is 15.9 Å². The van der Waals surface area contributed by atoms with E-state index in [-0.39, 0.29) is 24.0 Å². The van der Waals surface area contributed by atoms with E-state index in [0.717, 1.165) is 4.47 Å². The fourth-order valence-electron chi connectivity index (χ4n) is 2.17. The first-order chi connectivity index (χ1) is 12.0. The molecule has 1 aromatic heterocycles. The van der Waals surface area contributed by atoms with Gasteiger partial charge in [-0.2, -0.15) is 0 Å². The second kappa shape index (κ2) is 9.33. The van der Waals surface area contributed by atoms with E-state index in [1.54, 1.807) is 36.3 Å². The number of hydrogen-bond acceptors (Lipinski definition) is 6. The molecule has 0 aliphatic heterocycles. The highest BCUT2D eigenvalue weighted by molar-refractivity contribution is 9.10. The van der Waals surface area contributed by atoms with Crippen molar-refractivity contribution in [2.24, 2.45) is 0 Å². The van der Waals surface area contributed by atoms with Gasteiger partial charge < -0.3 is 18.8 Å². The van der Waals surface area contributed by atoms with Crippen LogP contribution in [0.2, 0.25) is 0 Å². The van der Waals surface area contributed by atoms with Crippen LogP contribution in [0, 0.1) is 0 Å². The van der Waals surface area contributed by atoms with Gasteiger partial charge in [-0.25, -0.2) is 9.78 Å². The molecule has 0 aliphatic rings. The number of halogens is 1. The van der Waals surface area contributed by atoms with Gasteiger partial charge in [-0.15, -0.1) is 0 Å². The van der Waals surface area contributed by atoms with Gasteiger partial charge in [0.2, 0.25) is 5.89 Å². The van der Waals surface area contributed by atoms with Gasteiger partial charge in [0.25, 0.3) is 5.91 Å². The summed E-state index contributed by atoms with van der Waals surface area (Å²) in [5, 5.41) is 0. The van der Waals surface area contributed by atoms with Crippen molar-refractivity contribution in [1.82, 2.24) is 9.88 Å². The van der Waals surface area contributed by atoms with Crippen molar-refractivity contribution in [3.05, 3.63) is 52.1 Å². The Hall–Kier alpha value is -2.19. The van der Waals surface area contributed by atoms with Gasteiger partial charge in [0.1, 0.15) is 6.26 Å². The van der Waals surface area contributed by atoms with E-state index in [9.17, 15) is 9.59 Å². The van der Waals surface area contributed by atoms with Crippen LogP contribution in [-0.4, -0.2) is 49.1 Å². The molecule has 0 aliphatic carbocycles. The summed E-state index contributed by atoms with van der Waals surface area (Å²) in [7, 11) is 2.88. The first-order valence-electron chi connectivity index (χ1n) is 7.61. The minimum absolute atomic E-state index is 0.0745. The third-order valence-electron chi connectivity index (χ3n) is 3.43. The first kappa shape index (κ1) is 19.1. The second-order valence-corrected chi connectivity index (χ2v) is 6.11. The monoisotopic (exact) mass is 410 g/mol. The van der Waals surface area contributed by atoms with Gasteiger partial charge in [0.05, 0.1) is 13.7 Å². The predicted molar refractivity (Wildman–Crippen MR) is 93.2 cm³/mol. The molecule has 25 heavy (non-hydrogen) atoms. The number of amides is 1. The number of ether oxygens (including phenoxy) is 2. The van der Waals surface area contributed by atoms with Crippen LogP contribution in [-0.2, 0) is 16.0 Å². The Labute approximate surface area is 154 Å². The van der Waals surface area contributed by atoms with E-state index in [1.807, 2.05) is 0 Å². The summed E-state index contributed by atoms with van der Waals surface area (Å²) in [4.78, 5) is 29.9. The number of carbonyl (C=O) groups is 2. The highest BCUT2D eigenvalue weighted by Crippen LogP contribution is 2.15. The van der Waals surface area contributed by atoms with Crippen LogP contribution in [0.5, 0.6) is 0 Å². The third-order valence-corrected chi connectivity index (χ3v) is 3.96. The lowest BCUT2D eigenvalue weighted by molar-refractivity contribution is 0.0594. The van der Waals surface area contributed by atoms with Crippen molar-refractivity contribution < 1.29 is 23.5 Å². The Morgan fingerprint density at radius 2 is 1.96 bits per heavy atom. The second-order valence-electron chi connectivity index (χ2n) is 5.20. The molecular weight excluding hydrogens is 392 g/mol. The van der Waals surface area contributed by atoms with Crippen LogP contribution in [0.15, 0.2) is 39.4 Å². The van der Waals surface area contributed by atoms with Crippen LogP contribution in [0.4, 0.5) is 0 Å². The van der Waals surface area contributed by atoms with E-state index in [4.69, 9.17) is 9.15 Å². The molecule has 0 N–H and O–H groups in total. The molecule has 1 heterocycles. The SMILES string of the molecule is COCCCN(Cc1nc(C(=O)OC)co1)C(=O)c1ccc(Br)cc1. The molecule has 0 spiro atoms. The maximum atomic E-state index is 12.8. The Morgan fingerprint density at radius 3 is 2.60 bits per heavy atom. The number of nitrogens with zero attached hydrogens (tertiary/aromatic N) is 2. The number of oxazole rings is 1. The van der Waals surface area contributed by atoms with Crippen LogP contribution >= 0.6 is 15.9 Å². The number of rotatable bonds is 8. The molecule has 8 heteroatoms. The summed E-state index contributed by atoms with van der Waals surface area (Å²) in [6.07, 6.45) is 1.89. The number of hydrogen-bond donors (Lipinski definition) is 0. The van der Waals surface area contributed by atoms with Crippen LogP contribution in [0.1, 0.15) is 33.2 Å². The van der Waals surface area contributed by atoms with E-state index < -0.39 is 5.97 Å². The summed E-state index contributed by atoms with van der Waals surface area (Å²) in [5.74, 6) is -0.468. The number of benzene rings is 1. The number of carbonyl (C=O) groups excluding carboxylic acids is 2. The number of esters is 1. The van der Waals surface area contributed by atoms with E-state index >= 15 is 0 Å². The van der Waals surface area contributed by atoms with Crippen molar-refractivity contribution in [2.75, 3.05) is 27.4 Å². The molecule has 0 saturated heterocycles. The average Bonchev–Trinajstić information content (AvgIpc) is 3.09. The maximum absolute atomic E-state index is 12.8. The van der Waals surface area contributed by atoms with Crippen molar-refractivity contribution in [1.29, 1.82) is 0 Å². The van der Waals surface area contributed by atoms with Crippen molar-refractivity contribution in [3.8, 4) is 0 Å². The van der Waals surface area contributed by atoms with Crippen LogP contribution < -0.4 is 0 Å². The van der Waals surface area contributed by atoms with E-state index in [1.165, 1.54) is 13.4 Å². The Morgan fingerprint density at radius 1 is 1.24 bits per heavy atom. The average molecular weight is 411 g/mol. The van der Waals surface area contributed by atoms with Crippen LogP contribution in [0.3, 0.4) is 0 Å². The van der Waals surface area contributed by atoms with Crippen molar-refractivity contribution in [2.45, 2.75) is 13.0 Å². The fourth-order valence-corrected chi connectivity index (χ4v) is 2.44. The van der Waals surface area contributed by atoms with Gasteiger partial charge in [-0.05, 0) is 30.7 Å². The van der Waals surface area contributed by atoms with Crippen LogP contribution in [0.25, 0.3) is 0 Å². The quantitative estimate of drug-likeness (QED) is 0.491. The lowest BCUT2D eigenvalue weighted by Crippen LogP contribution is -2.32. The van der Waals surface area contributed by atoms with Gasteiger partial charge in [0, 0.05) is 30.3 Å². The largest absolute Gasteiger partial charge is 0.464 e. The first-order valence-corrected chi connectivity index (χ1v) is 8.41. The molecule has 2 aromatic rings. The topological polar surface area (TPSA) is 81.9 Å². The molecule has 1 amide bonds. The van der Waals surface area contributed by atoms with Gasteiger partial charge >= 0.3 is 5.97 Å². The molecule has 0 saturated carbocycles. The summed E-state index contributed by atoms with van der Waals surface area (Å²) < 4.78 is 15.8. The third kappa shape index (κ3) is 5.40. The van der Waals surface area contributed by atoms with Crippen molar-refractivity contribution in [3.63, 3.8) is 0 Å². The highest BCUT2D eigenvalue weighted by atomic mass is 79.9. The molecule has 134 valence electrons. The van der Waals surface area contributed by atoms with E-state index in [2.05, 4.69) is 25.7 Å². The fraction of sp³-hybridized carbons (Fsp3) is 0.353. The summed E-state index contributed by atoms with van der Waals surface area (Å²) in [5.41, 5.74) is 0.630. The molecule has 1 aromatic carbocycles. The molecule has 0 atom stereocenters. The normalized spacial score (nSPS) is 10.5. The number of aromatic nitrogens is 1. The number of methoxy groups -OCH3 is 2. The van der Waals surface area contributed by atoms with Crippen molar-refractivity contribution >= 4 is 27.8 Å². The standard InChI is InChI=1S/C17H19BrN2O5/c1-23-9-3-8-20(16(21)12-4-6-13(18)7-5-12)10-15-19-14(11-25-15)17(22)24-2/h4-7,11H,3,8-10H2,1-2H3. The Balaban J connectivity index is 2.14.